The van der Waals surface area contributed by atoms with Crippen molar-refractivity contribution in [1.29, 1.82) is 0 Å². The minimum atomic E-state index is -0.926. The first-order chi connectivity index (χ1) is 14.4. The Bertz CT molecular complexity index is 880. The molecule has 1 aromatic heterocycles. The van der Waals surface area contributed by atoms with E-state index >= 15 is 0 Å². The molecule has 0 spiro atoms. The van der Waals surface area contributed by atoms with Crippen LogP contribution in [-0.2, 0) is 20.8 Å². The molecule has 1 aromatic carbocycles. The van der Waals surface area contributed by atoms with Crippen LogP contribution in [0.2, 0.25) is 0 Å². The summed E-state index contributed by atoms with van der Waals surface area (Å²) in [6, 6.07) is 15.5. The maximum atomic E-state index is 12.7. The third-order valence-corrected chi connectivity index (χ3v) is 3.77. The minimum Gasteiger partial charge on any atom is -0.404 e. The van der Waals surface area contributed by atoms with Gasteiger partial charge in [-0.1, -0.05) is 36.4 Å². The molecule has 0 aliphatic rings. The van der Waals surface area contributed by atoms with E-state index in [-0.39, 0.29) is 18.2 Å². The molecule has 0 radical (unpaired) electrons. The van der Waals surface area contributed by atoms with Crippen LogP contribution in [0.5, 0.6) is 0 Å². The molecule has 2 rings (SSSR count). The van der Waals surface area contributed by atoms with Gasteiger partial charge in [-0.05, 0) is 38.0 Å². The van der Waals surface area contributed by atoms with E-state index in [0.29, 0.717) is 23.5 Å². The van der Waals surface area contributed by atoms with Gasteiger partial charge in [-0.25, -0.2) is 0 Å². The molecule has 0 bridgehead atoms. The van der Waals surface area contributed by atoms with Gasteiger partial charge in [-0.15, -0.1) is 0 Å². The number of hydrogen-bond donors (Lipinski definition) is 3. The molecule has 0 aliphatic heterocycles. The Labute approximate surface area is 176 Å². The van der Waals surface area contributed by atoms with Crippen LogP contribution in [-0.4, -0.2) is 41.4 Å². The Balaban J connectivity index is 0.000000804. The summed E-state index contributed by atoms with van der Waals surface area (Å²) in [7, 11) is 0. The molecule has 158 valence electrons. The van der Waals surface area contributed by atoms with Crippen LogP contribution in [0.15, 0.2) is 71.5 Å². The lowest BCUT2D eigenvalue weighted by Crippen LogP contribution is -2.37. The third-order valence-electron chi connectivity index (χ3n) is 3.77. The van der Waals surface area contributed by atoms with E-state index in [0.717, 1.165) is 6.42 Å². The van der Waals surface area contributed by atoms with Crippen molar-refractivity contribution in [2.24, 2.45) is 16.5 Å². The number of primary amides is 1. The lowest BCUT2D eigenvalue weighted by Gasteiger charge is -2.16. The van der Waals surface area contributed by atoms with Crippen LogP contribution in [0.4, 0.5) is 0 Å². The van der Waals surface area contributed by atoms with Crippen molar-refractivity contribution in [3.63, 3.8) is 0 Å². The fourth-order valence-electron chi connectivity index (χ4n) is 2.55. The molecule has 2 aromatic rings. The van der Waals surface area contributed by atoms with Crippen molar-refractivity contribution < 1.29 is 14.4 Å². The number of nitrogens with zero attached hydrogens (tertiary/aromatic N) is 2. The molecule has 0 saturated carbocycles. The molecule has 2 amide bonds. The normalized spacial score (nSPS) is 12.2. The van der Waals surface area contributed by atoms with Crippen molar-refractivity contribution in [3.05, 3.63) is 77.8 Å². The largest absolute Gasteiger partial charge is 0.404 e. The number of nitrogens with two attached hydrogens (primary N) is 2. The third kappa shape index (κ3) is 8.47. The number of benzene rings is 1. The Morgan fingerprint density at radius 2 is 1.80 bits per heavy atom. The number of carbonyl (C=O) groups excluding carboxylic acids is 3. The lowest BCUT2D eigenvalue weighted by atomic mass is 10.0. The van der Waals surface area contributed by atoms with Crippen molar-refractivity contribution in [1.82, 2.24) is 10.3 Å². The van der Waals surface area contributed by atoms with Gasteiger partial charge in [0.15, 0.2) is 0 Å². The summed E-state index contributed by atoms with van der Waals surface area (Å²) in [5.41, 5.74) is 12.7. The summed E-state index contributed by atoms with van der Waals surface area (Å²) in [5, 5.41) is 2.99. The predicted molar refractivity (Wildman–Crippen MR) is 117 cm³/mol. The zero-order valence-electron chi connectivity index (χ0n) is 17.1. The van der Waals surface area contributed by atoms with Crippen LogP contribution in [0, 0.1) is 0 Å². The summed E-state index contributed by atoms with van der Waals surface area (Å²) in [6.07, 6.45) is 3.77. The SMILES string of the molecule is CCN=C(/C(=C\N)C(=O)NC(C)Cc1ccccc1)c1ccccn1.NC(=O)C=O. The molecule has 1 unspecified atom stereocenters. The predicted octanol–water partition coefficient (Wildman–Crippen LogP) is 1.15. The van der Waals surface area contributed by atoms with E-state index in [1.54, 1.807) is 6.20 Å². The number of pyridine rings is 1. The molecule has 8 nitrogen and oxygen atoms in total. The molecular weight excluding hydrogens is 382 g/mol. The van der Waals surface area contributed by atoms with Gasteiger partial charge < -0.3 is 16.8 Å². The average molecular weight is 409 g/mol. The fourth-order valence-corrected chi connectivity index (χ4v) is 2.55. The van der Waals surface area contributed by atoms with E-state index < -0.39 is 5.91 Å². The number of aromatic nitrogens is 1. The van der Waals surface area contributed by atoms with E-state index in [1.807, 2.05) is 62.4 Å². The Hall–Kier alpha value is -3.81. The Kier molecular flexibility index (Phi) is 10.8. The summed E-state index contributed by atoms with van der Waals surface area (Å²) < 4.78 is 0. The first-order valence-corrected chi connectivity index (χ1v) is 9.40. The topological polar surface area (TPSA) is 141 Å². The number of aldehydes is 1. The van der Waals surface area contributed by atoms with Crippen molar-refractivity contribution in [2.45, 2.75) is 26.3 Å². The number of hydrogen-bond acceptors (Lipinski definition) is 6. The zero-order valence-corrected chi connectivity index (χ0v) is 17.1. The van der Waals surface area contributed by atoms with Gasteiger partial charge >= 0.3 is 0 Å². The summed E-state index contributed by atoms with van der Waals surface area (Å²) >= 11 is 0. The highest BCUT2D eigenvalue weighted by Crippen LogP contribution is 2.09. The minimum absolute atomic E-state index is 0.0311. The van der Waals surface area contributed by atoms with Crippen LogP contribution >= 0.6 is 0 Å². The first kappa shape index (κ1) is 24.2. The number of rotatable bonds is 8. The van der Waals surface area contributed by atoms with Gasteiger partial charge in [0.25, 0.3) is 11.8 Å². The van der Waals surface area contributed by atoms with Crippen LogP contribution < -0.4 is 16.8 Å². The molecule has 0 saturated heterocycles. The Morgan fingerprint density at radius 3 is 2.30 bits per heavy atom. The van der Waals surface area contributed by atoms with E-state index in [4.69, 9.17) is 10.5 Å². The van der Waals surface area contributed by atoms with Gasteiger partial charge in [-0.3, -0.25) is 24.4 Å². The van der Waals surface area contributed by atoms with Crippen LogP contribution in [0.25, 0.3) is 0 Å². The smallest absolute Gasteiger partial charge is 0.281 e. The number of nitrogens with one attached hydrogen (secondary N) is 1. The zero-order chi connectivity index (χ0) is 22.4. The second-order valence-electron chi connectivity index (χ2n) is 6.20. The second kappa shape index (κ2) is 13.4. The van der Waals surface area contributed by atoms with Gasteiger partial charge in [-0.2, -0.15) is 0 Å². The van der Waals surface area contributed by atoms with Crippen molar-refractivity contribution in [2.75, 3.05) is 6.54 Å². The van der Waals surface area contributed by atoms with E-state index in [9.17, 15) is 9.59 Å². The molecular formula is C22H27N5O3. The van der Waals surface area contributed by atoms with E-state index in [2.05, 4.69) is 21.0 Å². The quantitative estimate of drug-likeness (QED) is 0.260. The number of carbonyl (C=O) groups is 3. The molecule has 5 N–H and O–H groups in total. The van der Waals surface area contributed by atoms with Gasteiger partial charge in [0.05, 0.1) is 17.0 Å². The maximum Gasteiger partial charge on any atom is 0.281 e. The molecule has 0 fully saturated rings. The van der Waals surface area contributed by atoms with Crippen LogP contribution in [0.1, 0.15) is 25.1 Å². The molecule has 30 heavy (non-hydrogen) atoms. The standard InChI is InChI=1S/C20H24N4O.C2H3NO2/c1-3-22-19(18-11-7-8-12-23-18)17(14-21)20(25)24-15(2)13-16-9-5-4-6-10-16;3-2(5)1-4/h4-12,14-15H,3,13,21H2,1-2H3,(H,24,25);1H,(H2,3,5)/b17-14+,22-19?;. The van der Waals surface area contributed by atoms with Gasteiger partial charge in [0, 0.05) is 25.0 Å². The van der Waals surface area contributed by atoms with Crippen LogP contribution in [0.3, 0.4) is 0 Å². The summed E-state index contributed by atoms with van der Waals surface area (Å²) in [5.74, 6) is -1.17. The second-order valence-corrected chi connectivity index (χ2v) is 6.20. The highest BCUT2D eigenvalue weighted by molar-refractivity contribution is 6.27. The average Bonchev–Trinajstić information content (AvgIpc) is 2.75. The van der Waals surface area contributed by atoms with Crippen molar-refractivity contribution >= 4 is 23.8 Å². The van der Waals surface area contributed by atoms with Gasteiger partial charge in [0.2, 0.25) is 6.29 Å². The van der Waals surface area contributed by atoms with E-state index in [1.165, 1.54) is 11.8 Å². The first-order valence-electron chi connectivity index (χ1n) is 9.40. The van der Waals surface area contributed by atoms with Gasteiger partial charge in [0.1, 0.15) is 0 Å². The highest BCUT2D eigenvalue weighted by Gasteiger charge is 2.20. The molecule has 1 atom stereocenters. The lowest BCUT2D eigenvalue weighted by molar-refractivity contribution is -0.129. The highest BCUT2D eigenvalue weighted by atomic mass is 16.2. The maximum absolute atomic E-state index is 12.7. The molecule has 0 aliphatic carbocycles. The Morgan fingerprint density at radius 1 is 1.17 bits per heavy atom. The monoisotopic (exact) mass is 409 g/mol. The summed E-state index contributed by atoms with van der Waals surface area (Å²) in [4.78, 5) is 39.7. The van der Waals surface area contributed by atoms with Crippen molar-refractivity contribution in [3.8, 4) is 0 Å². The summed E-state index contributed by atoms with van der Waals surface area (Å²) in [6.45, 7) is 4.42. The molecule has 8 heteroatoms. The fraction of sp³-hybridized carbons (Fsp3) is 0.227. The number of amides is 2. The molecule has 1 heterocycles. The number of aliphatic imine (C=N–C) groups is 1.